The van der Waals surface area contributed by atoms with Crippen molar-refractivity contribution in [2.24, 2.45) is 0 Å². The van der Waals surface area contributed by atoms with Gasteiger partial charge in [0, 0.05) is 11.6 Å². The molecule has 0 saturated carbocycles. The van der Waals surface area contributed by atoms with Crippen LogP contribution < -0.4 is 10.6 Å². The van der Waals surface area contributed by atoms with Crippen LogP contribution in [0.4, 0.5) is 0 Å². The van der Waals surface area contributed by atoms with Gasteiger partial charge in [0.25, 0.3) is 0 Å². The third-order valence-electron chi connectivity index (χ3n) is 3.67. The molecule has 18 heavy (non-hydrogen) atoms. The van der Waals surface area contributed by atoms with Crippen molar-refractivity contribution in [3.8, 4) is 0 Å². The molecule has 4 nitrogen and oxygen atoms in total. The van der Waals surface area contributed by atoms with E-state index < -0.39 is 0 Å². The summed E-state index contributed by atoms with van der Waals surface area (Å²) in [7, 11) is 0. The second-order valence-electron chi connectivity index (χ2n) is 5.85. The fourth-order valence-corrected chi connectivity index (χ4v) is 1.93. The van der Waals surface area contributed by atoms with Gasteiger partial charge in [0.2, 0.25) is 5.91 Å². The molecular weight excluding hydrogens is 228 g/mol. The average molecular weight is 256 g/mol. The van der Waals surface area contributed by atoms with Gasteiger partial charge >= 0.3 is 0 Å². The van der Waals surface area contributed by atoms with E-state index in [2.05, 4.69) is 17.6 Å². The van der Waals surface area contributed by atoms with Gasteiger partial charge in [-0.05, 0) is 46.6 Å². The minimum atomic E-state index is -0.375. The lowest BCUT2D eigenvalue weighted by molar-refractivity contribution is -0.134. The summed E-state index contributed by atoms with van der Waals surface area (Å²) >= 11 is 0. The smallest absolute Gasteiger partial charge is 0.249 e. The van der Waals surface area contributed by atoms with Crippen molar-refractivity contribution >= 4 is 5.91 Å². The number of nitrogens with one attached hydrogen (secondary N) is 2. The third-order valence-corrected chi connectivity index (χ3v) is 3.67. The molecule has 1 fully saturated rings. The van der Waals surface area contributed by atoms with Gasteiger partial charge < -0.3 is 15.4 Å². The second kappa shape index (κ2) is 7.10. The third kappa shape index (κ3) is 5.36. The zero-order chi connectivity index (χ0) is 13.6. The Kier molecular flexibility index (Phi) is 6.09. The summed E-state index contributed by atoms with van der Waals surface area (Å²) < 4.78 is 5.66. The molecule has 1 rings (SSSR count). The van der Waals surface area contributed by atoms with Crippen LogP contribution in [-0.2, 0) is 9.53 Å². The Labute approximate surface area is 111 Å². The number of piperidine rings is 1. The first-order chi connectivity index (χ1) is 8.44. The fraction of sp³-hybridized carbons (Fsp3) is 0.929. The van der Waals surface area contributed by atoms with Crippen molar-refractivity contribution in [1.82, 2.24) is 10.6 Å². The topological polar surface area (TPSA) is 50.4 Å². The number of ether oxygens (including phenoxy) is 1. The highest BCUT2D eigenvalue weighted by atomic mass is 16.5. The monoisotopic (exact) mass is 256 g/mol. The number of hydrogen-bond donors (Lipinski definition) is 2. The normalized spacial score (nSPS) is 22.6. The zero-order valence-corrected chi connectivity index (χ0v) is 12.2. The van der Waals surface area contributed by atoms with Crippen LogP contribution in [0.3, 0.4) is 0 Å². The molecule has 1 saturated heterocycles. The van der Waals surface area contributed by atoms with E-state index in [0.717, 1.165) is 19.4 Å². The number of hydrogen-bond acceptors (Lipinski definition) is 3. The summed E-state index contributed by atoms with van der Waals surface area (Å²) in [5.41, 5.74) is -0.155. The second-order valence-corrected chi connectivity index (χ2v) is 5.85. The van der Waals surface area contributed by atoms with E-state index in [1.807, 2.05) is 20.8 Å². The fourth-order valence-electron chi connectivity index (χ4n) is 1.93. The lowest BCUT2D eigenvalue weighted by atomic mass is 10.0. The molecule has 0 aromatic carbocycles. The van der Waals surface area contributed by atoms with Gasteiger partial charge in [0.05, 0.1) is 6.61 Å². The zero-order valence-electron chi connectivity index (χ0n) is 12.2. The predicted molar refractivity (Wildman–Crippen MR) is 73.6 cm³/mol. The molecule has 0 aromatic heterocycles. The number of carbonyl (C=O) groups excluding carboxylic acids is 1. The van der Waals surface area contributed by atoms with Gasteiger partial charge in [0.15, 0.2) is 0 Å². The highest BCUT2D eigenvalue weighted by molar-refractivity contribution is 5.81. The summed E-state index contributed by atoms with van der Waals surface area (Å²) in [5.74, 6) is -0.0161. The largest absolute Gasteiger partial charge is 0.367 e. The van der Waals surface area contributed by atoms with E-state index in [1.54, 1.807) is 0 Å². The summed E-state index contributed by atoms with van der Waals surface area (Å²) in [6.45, 7) is 9.64. The SMILES string of the molecule is CCC(C)(C)NC(=O)C(C)OCC1CCCCN1. The van der Waals surface area contributed by atoms with Crippen LogP contribution in [0.2, 0.25) is 0 Å². The summed E-state index contributed by atoms with van der Waals surface area (Å²) in [4.78, 5) is 11.9. The summed E-state index contributed by atoms with van der Waals surface area (Å²) in [5, 5.41) is 6.43. The number of amides is 1. The molecule has 1 aliphatic heterocycles. The van der Waals surface area contributed by atoms with Gasteiger partial charge in [-0.25, -0.2) is 0 Å². The van der Waals surface area contributed by atoms with Crippen molar-refractivity contribution < 1.29 is 9.53 Å². The van der Waals surface area contributed by atoms with Crippen molar-refractivity contribution in [2.75, 3.05) is 13.2 Å². The van der Waals surface area contributed by atoms with E-state index in [9.17, 15) is 4.79 Å². The minimum absolute atomic E-state index is 0.0161. The van der Waals surface area contributed by atoms with E-state index in [1.165, 1.54) is 12.8 Å². The first kappa shape index (κ1) is 15.4. The van der Waals surface area contributed by atoms with Crippen LogP contribution in [0, 0.1) is 0 Å². The molecule has 1 heterocycles. The molecule has 4 heteroatoms. The maximum atomic E-state index is 11.9. The van der Waals surface area contributed by atoms with E-state index in [0.29, 0.717) is 12.6 Å². The molecule has 0 aliphatic carbocycles. The lowest BCUT2D eigenvalue weighted by Crippen LogP contribution is -2.48. The minimum Gasteiger partial charge on any atom is -0.367 e. The van der Waals surface area contributed by atoms with Crippen LogP contribution in [0.1, 0.15) is 53.4 Å². The molecule has 0 radical (unpaired) electrons. The van der Waals surface area contributed by atoms with Crippen molar-refractivity contribution in [1.29, 1.82) is 0 Å². The first-order valence-corrected chi connectivity index (χ1v) is 7.11. The Morgan fingerprint density at radius 3 is 2.78 bits per heavy atom. The van der Waals surface area contributed by atoms with E-state index in [-0.39, 0.29) is 17.6 Å². The lowest BCUT2D eigenvalue weighted by Gasteiger charge is -2.28. The van der Waals surface area contributed by atoms with Crippen LogP contribution >= 0.6 is 0 Å². The summed E-state index contributed by atoms with van der Waals surface area (Å²) in [6, 6.07) is 0.410. The molecule has 0 spiro atoms. The Bertz CT molecular complexity index is 261. The molecule has 0 bridgehead atoms. The van der Waals surface area contributed by atoms with Crippen LogP contribution in [0.5, 0.6) is 0 Å². The van der Waals surface area contributed by atoms with Gasteiger partial charge in [-0.2, -0.15) is 0 Å². The predicted octanol–water partition coefficient (Wildman–Crippen LogP) is 1.84. The van der Waals surface area contributed by atoms with Crippen molar-refractivity contribution in [3.63, 3.8) is 0 Å². The Hall–Kier alpha value is -0.610. The number of rotatable bonds is 6. The maximum Gasteiger partial charge on any atom is 0.249 e. The Morgan fingerprint density at radius 2 is 2.22 bits per heavy atom. The van der Waals surface area contributed by atoms with Gasteiger partial charge in [0.1, 0.15) is 6.10 Å². The molecule has 1 amide bonds. The Morgan fingerprint density at radius 1 is 1.50 bits per heavy atom. The number of carbonyl (C=O) groups is 1. The molecular formula is C14H28N2O2. The van der Waals surface area contributed by atoms with Gasteiger partial charge in [-0.3, -0.25) is 4.79 Å². The Balaban J connectivity index is 2.26. The molecule has 106 valence electrons. The molecule has 2 N–H and O–H groups in total. The standard InChI is InChI=1S/C14H28N2O2/c1-5-14(3,4)16-13(17)11(2)18-10-12-8-6-7-9-15-12/h11-12,15H,5-10H2,1-4H3,(H,16,17). The van der Waals surface area contributed by atoms with Gasteiger partial charge in [-0.15, -0.1) is 0 Å². The molecule has 2 unspecified atom stereocenters. The van der Waals surface area contributed by atoms with Crippen LogP contribution in [-0.4, -0.2) is 36.7 Å². The van der Waals surface area contributed by atoms with Crippen molar-refractivity contribution in [3.05, 3.63) is 0 Å². The first-order valence-electron chi connectivity index (χ1n) is 7.11. The van der Waals surface area contributed by atoms with E-state index in [4.69, 9.17) is 4.74 Å². The van der Waals surface area contributed by atoms with Crippen LogP contribution in [0.15, 0.2) is 0 Å². The molecule has 0 aromatic rings. The van der Waals surface area contributed by atoms with Crippen molar-refractivity contribution in [2.45, 2.75) is 71.1 Å². The summed E-state index contributed by atoms with van der Waals surface area (Å²) in [6.07, 6.45) is 4.19. The molecule has 1 aliphatic rings. The highest BCUT2D eigenvalue weighted by Crippen LogP contribution is 2.10. The molecule has 2 atom stereocenters. The average Bonchev–Trinajstić information content (AvgIpc) is 2.36. The van der Waals surface area contributed by atoms with Gasteiger partial charge in [-0.1, -0.05) is 13.3 Å². The quantitative estimate of drug-likeness (QED) is 0.762. The maximum absolute atomic E-state index is 11.9. The van der Waals surface area contributed by atoms with Crippen LogP contribution in [0.25, 0.3) is 0 Å². The van der Waals surface area contributed by atoms with E-state index >= 15 is 0 Å². The highest BCUT2D eigenvalue weighted by Gasteiger charge is 2.23.